The summed E-state index contributed by atoms with van der Waals surface area (Å²) in [5, 5.41) is 0. The molecule has 3 unspecified atom stereocenters. The van der Waals surface area contributed by atoms with Crippen LogP contribution in [0.25, 0.3) is 0 Å². The SMILES string of the molecule is CCC1CCCN(C(=O)C2CCCC2N)CC1.Cl. The summed E-state index contributed by atoms with van der Waals surface area (Å²) in [5.41, 5.74) is 6.03. The molecule has 0 aromatic heterocycles. The zero-order valence-electron chi connectivity index (χ0n) is 11.4. The zero-order valence-corrected chi connectivity index (χ0v) is 12.3. The number of hydrogen-bond donors (Lipinski definition) is 1. The molecule has 1 heterocycles. The van der Waals surface area contributed by atoms with Crippen LogP contribution in [0.5, 0.6) is 0 Å². The van der Waals surface area contributed by atoms with Gasteiger partial charge in [0.1, 0.15) is 0 Å². The van der Waals surface area contributed by atoms with Crippen LogP contribution in [-0.4, -0.2) is 29.9 Å². The van der Waals surface area contributed by atoms with Gasteiger partial charge in [0.2, 0.25) is 5.91 Å². The predicted molar refractivity (Wildman–Crippen MR) is 76.8 cm³/mol. The van der Waals surface area contributed by atoms with Crippen LogP contribution < -0.4 is 5.73 Å². The third-order valence-electron chi connectivity index (χ3n) is 4.62. The normalized spacial score (nSPS) is 32.8. The molecule has 106 valence electrons. The van der Waals surface area contributed by atoms with Gasteiger partial charge in [0.15, 0.2) is 0 Å². The van der Waals surface area contributed by atoms with Crippen LogP contribution >= 0.6 is 12.4 Å². The topological polar surface area (TPSA) is 46.3 Å². The highest BCUT2D eigenvalue weighted by Crippen LogP contribution is 2.28. The molecule has 0 bridgehead atoms. The number of nitrogens with two attached hydrogens (primary N) is 1. The Bertz CT molecular complexity index is 273. The average Bonchev–Trinajstić information content (AvgIpc) is 2.64. The first kappa shape index (κ1) is 15.8. The minimum atomic E-state index is 0. The lowest BCUT2D eigenvalue weighted by atomic mass is 9.98. The number of nitrogens with zero attached hydrogens (tertiary/aromatic N) is 1. The number of halogens is 1. The Hall–Kier alpha value is -0.280. The molecule has 0 spiro atoms. The number of likely N-dealkylation sites (tertiary alicyclic amines) is 1. The van der Waals surface area contributed by atoms with Crippen LogP contribution in [0, 0.1) is 11.8 Å². The van der Waals surface area contributed by atoms with E-state index in [9.17, 15) is 4.79 Å². The molecule has 2 N–H and O–H groups in total. The molecule has 0 aromatic carbocycles. The second-order valence-corrected chi connectivity index (χ2v) is 5.73. The molecule has 1 amide bonds. The van der Waals surface area contributed by atoms with E-state index in [0.717, 1.165) is 38.3 Å². The monoisotopic (exact) mass is 274 g/mol. The number of amides is 1. The van der Waals surface area contributed by atoms with Crippen LogP contribution in [0.3, 0.4) is 0 Å². The zero-order chi connectivity index (χ0) is 12.3. The first-order valence-corrected chi connectivity index (χ1v) is 7.26. The fourth-order valence-electron chi connectivity index (χ4n) is 3.32. The standard InChI is InChI=1S/C14H26N2O.ClH/c1-2-11-5-4-9-16(10-8-11)14(17)12-6-3-7-13(12)15;/h11-13H,2-10,15H2,1H3;1H. The summed E-state index contributed by atoms with van der Waals surface area (Å²) >= 11 is 0. The fraction of sp³-hybridized carbons (Fsp3) is 0.929. The molecule has 18 heavy (non-hydrogen) atoms. The Morgan fingerprint density at radius 1 is 1.17 bits per heavy atom. The second kappa shape index (κ2) is 7.34. The van der Waals surface area contributed by atoms with Crippen molar-refractivity contribution in [3.05, 3.63) is 0 Å². The summed E-state index contributed by atoms with van der Waals surface area (Å²) in [6.45, 7) is 4.17. The van der Waals surface area contributed by atoms with E-state index in [1.54, 1.807) is 0 Å². The van der Waals surface area contributed by atoms with E-state index >= 15 is 0 Å². The van der Waals surface area contributed by atoms with Gasteiger partial charge in [-0.3, -0.25) is 4.79 Å². The number of rotatable bonds is 2. The van der Waals surface area contributed by atoms with E-state index in [-0.39, 0.29) is 24.4 Å². The van der Waals surface area contributed by atoms with Crippen molar-refractivity contribution in [2.24, 2.45) is 17.6 Å². The van der Waals surface area contributed by atoms with Crippen molar-refractivity contribution in [1.82, 2.24) is 4.90 Å². The van der Waals surface area contributed by atoms with Crippen molar-refractivity contribution >= 4 is 18.3 Å². The van der Waals surface area contributed by atoms with Crippen LogP contribution in [0.15, 0.2) is 0 Å². The van der Waals surface area contributed by atoms with Gasteiger partial charge in [-0.15, -0.1) is 12.4 Å². The predicted octanol–water partition coefficient (Wildman–Crippen LogP) is 2.57. The summed E-state index contributed by atoms with van der Waals surface area (Å²) in [6, 6.07) is 0.118. The average molecular weight is 275 g/mol. The minimum Gasteiger partial charge on any atom is -0.342 e. The second-order valence-electron chi connectivity index (χ2n) is 5.73. The van der Waals surface area contributed by atoms with Gasteiger partial charge >= 0.3 is 0 Å². The molecule has 1 aliphatic heterocycles. The Morgan fingerprint density at radius 2 is 1.94 bits per heavy atom. The lowest BCUT2D eigenvalue weighted by molar-refractivity contribution is -0.135. The molecule has 1 aliphatic carbocycles. The van der Waals surface area contributed by atoms with Crippen LogP contribution in [0.4, 0.5) is 0 Å². The lowest BCUT2D eigenvalue weighted by Crippen LogP contribution is -2.42. The minimum absolute atomic E-state index is 0. The first-order chi connectivity index (χ1) is 8.22. The Kier molecular flexibility index (Phi) is 6.44. The van der Waals surface area contributed by atoms with E-state index in [2.05, 4.69) is 11.8 Å². The van der Waals surface area contributed by atoms with Crippen LogP contribution in [0.1, 0.15) is 51.9 Å². The molecule has 0 radical (unpaired) electrons. The maximum absolute atomic E-state index is 12.4. The quantitative estimate of drug-likeness (QED) is 0.841. The first-order valence-electron chi connectivity index (χ1n) is 7.26. The number of carbonyl (C=O) groups excluding carboxylic acids is 1. The van der Waals surface area contributed by atoms with Gasteiger partial charge in [0.05, 0.1) is 5.92 Å². The van der Waals surface area contributed by atoms with Crippen molar-refractivity contribution in [2.45, 2.75) is 57.9 Å². The van der Waals surface area contributed by atoms with Crippen LogP contribution in [0.2, 0.25) is 0 Å². The molecular weight excluding hydrogens is 248 g/mol. The van der Waals surface area contributed by atoms with Gasteiger partial charge in [0, 0.05) is 19.1 Å². The maximum Gasteiger partial charge on any atom is 0.227 e. The Labute approximate surface area is 117 Å². The summed E-state index contributed by atoms with van der Waals surface area (Å²) in [6.07, 6.45) is 8.07. The molecule has 2 aliphatic rings. The van der Waals surface area contributed by atoms with E-state index in [4.69, 9.17) is 5.73 Å². The van der Waals surface area contributed by atoms with E-state index < -0.39 is 0 Å². The third kappa shape index (κ3) is 3.61. The van der Waals surface area contributed by atoms with Crippen molar-refractivity contribution in [2.75, 3.05) is 13.1 Å². The molecule has 3 atom stereocenters. The number of carbonyl (C=O) groups is 1. The highest BCUT2D eigenvalue weighted by atomic mass is 35.5. The summed E-state index contributed by atoms with van der Waals surface area (Å²) in [4.78, 5) is 14.5. The Morgan fingerprint density at radius 3 is 2.56 bits per heavy atom. The molecular formula is C14H27ClN2O. The largest absolute Gasteiger partial charge is 0.342 e. The summed E-state index contributed by atoms with van der Waals surface area (Å²) in [5.74, 6) is 1.28. The van der Waals surface area contributed by atoms with Crippen LogP contribution in [-0.2, 0) is 4.79 Å². The Balaban J connectivity index is 0.00000162. The smallest absolute Gasteiger partial charge is 0.227 e. The van der Waals surface area contributed by atoms with E-state index in [1.165, 1.54) is 25.7 Å². The van der Waals surface area contributed by atoms with Gasteiger partial charge in [0.25, 0.3) is 0 Å². The van der Waals surface area contributed by atoms with Crippen molar-refractivity contribution in [3.8, 4) is 0 Å². The van der Waals surface area contributed by atoms with Crippen molar-refractivity contribution in [1.29, 1.82) is 0 Å². The van der Waals surface area contributed by atoms with Crippen molar-refractivity contribution < 1.29 is 4.79 Å². The molecule has 3 nitrogen and oxygen atoms in total. The highest BCUT2D eigenvalue weighted by Gasteiger charge is 2.33. The van der Waals surface area contributed by atoms with Gasteiger partial charge in [-0.1, -0.05) is 19.8 Å². The van der Waals surface area contributed by atoms with E-state index in [1.807, 2.05) is 0 Å². The maximum atomic E-state index is 12.4. The fourth-order valence-corrected chi connectivity index (χ4v) is 3.32. The van der Waals surface area contributed by atoms with Gasteiger partial charge < -0.3 is 10.6 Å². The molecule has 0 aromatic rings. The lowest BCUT2D eigenvalue weighted by Gasteiger charge is -2.26. The summed E-state index contributed by atoms with van der Waals surface area (Å²) in [7, 11) is 0. The molecule has 4 heteroatoms. The van der Waals surface area contributed by atoms with Crippen molar-refractivity contribution in [3.63, 3.8) is 0 Å². The van der Waals surface area contributed by atoms with Gasteiger partial charge in [-0.2, -0.15) is 0 Å². The van der Waals surface area contributed by atoms with Gasteiger partial charge in [-0.25, -0.2) is 0 Å². The molecule has 1 saturated heterocycles. The highest BCUT2D eigenvalue weighted by molar-refractivity contribution is 5.85. The van der Waals surface area contributed by atoms with E-state index in [0.29, 0.717) is 5.91 Å². The van der Waals surface area contributed by atoms with Gasteiger partial charge in [-0.05, 0) is 38.0 Å². The molecule has 2 rings (SSSR count). The molecule has 1 saturated carbocycles. The summed E-state index contributed by atoms with van der Waals surface area (Å²) < 4.78 is 0. The number of hydrogen-bond acceptors (Lipinski definition) is 2. The molecule has 2 fully saturated rings. The third-order valence-corrected chi connectivity index (χ3v) is 4.62.